The summed E-state index contributed by atoms with van der Waals surface area (Å²) in [5.41, 5.74) is 8.95. The van der Waals surface area contributed by atoms with E-state index in [9.17, 15) is 0 Å². The van der Waals surface area contributed by atoms with Gasteiger partial charge in [0.2, 0.25) is 0 Å². The Bertz CT molecular complexity index is 610. The normalized spacial score (nSPS) is 12.2. The molecule has 0 bridgehead atoms. The molecule has 0 saturated carbocycles. The molecule has 0 aliphatic carbocycles. The number of aromatic nitrogens is 1. The van der Waals surface area contributed by atoms with Crippen LogP contribution in [0.5, 0.6) is 0 Å². The Morgan fingerprint density at radius 1 is 0.880 bits per heavy atom. The molecule has 3 heteroatoms. The first-order chi connectivity index (χ1) is 12.2. The number of para-hydroxylation sites is 1. The van der Waals surface area contributed by atoms with Crippen LogP contribution in [0.4, 0.5) is 0 Å². The summed E-state index contributed by atoms with van der Waals surface area (Å²) in [4.78, 5) is 3.95. The molecule has 2 rings (SSSR count). The van der Waals surface area contributed by atoms with Crippen molar-refractivity contribution in [3.63, 3.8) is 0 Å². The summed E-state index contributed by atoms with van der Waals surface area (Å²) in [6, 6.07) is 8.91. The van der Waals surface area contributed by atoms with Crippen molar-refractivity contribution in [3.05, 3.63) is 29.8 Å². The Kier molecular flexibility index (Phi) is 8.84. The predicted molar refractivity (Wildman–Crippen MR) is 116 cm³/mol. The van der Waals surface area contributed by atoms with Gasteiger partial charge in [0.05, 0.1) is 0 Å². The molecule has 0 aliphatic rings. The first-order valence-corrected chi connectivity index (χ1v) is 18.0. The van der Waals surface area contributed by atoms with Crippen LogP contribution in [0.3, 0.4) is 0 Å². The molecule has 0 fully saturated rings. The van der Waals surface area contributed by atoms with Crippen molar-refractivity contribution in [1.82, 2.24) is 4.98 Å². The van der Waals surface area contributed by atoms with E-state index in [-0.39, 0.29) is 0 Å². The predicted octanol–water partition coefficient (Wildman–Crippen LogP) is 5.73. The van der Waals surface area contributed by atoms with Gasteiger partial charge in [-0.25, -0.2) is 0 Å². The van der Waals surface area contributed by atoms with Crippen LogP contribution in [-0.4, -0.2) is 29.9 Å². The average molecular weight is 449 g/mol. The summed E-state index contributed by atoms with van der Waals surface area (Å²) in [6.45, 7) is 7.80. The van der Waals surface area contributed by atoms with E-state index in [0.29, 0.717) is 0 Å². The molecule has 1 heterocycles. The van der Waals surface area contributed by atoms with Gasteiger partial charge in [0.25, 0.3) is 0 Å². The third-order valence-corrected chi connectivity index (χ3v) is 21.2. The van der Waals surface area contributed by atoms with Crippen molar-refractivity contribution in [2.45, 2.75) is 79.0 Å². The molecule has 140 valence electrons. The van der Waals surface area contributed by atoms with E-state index < -0.39 is 18.4 Å². The Balaban J connectivity index is 2.56. The van der Waals surface area contributed by atoms with Crippen LogP contribution in [0.15, 0.2) is 24.3 Å². The van der Waals surface area contributed by atoms with Gasteiger partial charge in [-0.05, 0) is 0 Å². The average Bonchev–Trinajstić information content (AvgIpc) is 3.01. The first kappa shape index (κ1) is 20.8. The van der Waals surface area contributed by atoms with Crippen molar-refractivity contribution in [2.24, 2.45) is 5.73 Å². The van der Waals surface area contributed by atoms with E-state index in [4.69, 9.17) is 5.73 Å². The zero-order valence-electron chi connectivity index (χ0n) is 16.7. The molecule has 0 aliphatic heterocycles. The van der Waals surface area contributed by atoms with Crippen LogP contribution in [0.2, 0.25) is 13.3 Å². The first-order valence-electron chi connectivity index (χ1n) is 10.5. The van der Waals surface area contributed by atoms with E-state index in [1.165, 1.54) is 62.7 Å². The second-order valence-corrected chi connectivity index (χ2v) is 20.7. The van der Waals surface area contributed by atoms with Crippen LogP contribution in [0.1, 0.15) is 64.9 Å². The zero-order chi connectivity index (χ0) is 18.1. The fraction of sp³-hybridized carbons (Fsp3) is 0.636. The van der Waals surface area contributed by atoms with Crippen molar-refractivity contribution in [2.75, 3.05) is 6.54 Å². The molecule has 1 aromatic carbocycles. The number of nitrogens with one attached hydrogen (secondary N) is 1. The van der Waals surface area contributed by atoms with Crippen molar-refractivity contribution in [1.29, 1.82) is 0 Å². The topological polar surface area (TPSA) is 41.8 Å². The third kappa shape index (κ3) is 5.03. The fourth-order valence-electron chi connectivity index (χ4n) is 4.35. The molecule has 2 nitrogen and oxygen atoms in total. The van der Waals surface area contributed by atoms with E-state index in [2.05, 4.69) is 50.0 Å². The van der Waals surface area contributed by atoms with Crippen LogP contribution in [-0.2, 0) is 6.42 Å². The van der Waals surface area contributed by atoms with Crippen molar-refractivity contribution >= 4 is 33.0 Å². The number of rotatable bonds is 12. The summed E-state index contributed by atoms with van der Waals surface area (Å²) in [7, 11) is 0. The van der Waals surface area contributed by atoms with E-state index in [1.54, 1.807) is 9.27 Å². The number of H-pyrrole nitrogens is 1. The number of fused-ring (bicyclic) bond motifs is 1. The monoisotopic (exact) mass is 450 g/mol. The summed E-state index contributed by atoms with van der Waals surface area (Å²) >= 11 is -2.44. The molecular weight excluding hydrogens is 411 g/mol. The fourth-order valence-corrected chi connectivity index (χ4v) is 21.2. The van der Waals surface area contributed by atoms with Gasteiger partial charge in [-0.15, -0.1) is 0 Å². The van der Waals surface area contributed by atoms with Crippen LogP contribution in [0, 0.1) is 0 Å². The molecule has 0 saturated heterocycles. The van der Waals surface area contributed by atoms with Crippen molar-refractivity contribution in [3.8, 4) is 0 Å². The third-order valence-electron chi connectivity index (χ3n) is 5.76. The van der Waals surface area contributed by atoms with Gasteiger partial charge >= 0.3 is 159 Å². The Labute approximate surface area is 158 Å². The molecule has 25 heavy (non-hydrogen) atoms. The Morgan fingerprint density at radius 3 is 1.96 bits per heavy atom. The van der Waals surface area contributed by atoms with Crippen LogP contribution < -0.4 is 9.44 Å². The number of nitrogens with two attached hydrogens (primary N) is 1. The summed E-state index contributed by atoms with van der Waals surface area (Å²) in [5.74, 6) is 0. The van der Waals surface area contributed by atoms with E-state index in [1.807, 2.05) is 0 Å². The number of aromatic amines is 1. The van der Waals surface area contributed by atoms with Gasteiger partial charge in [0.1, 0.15) is 0 Å². The van der Waals surface area contributed by atoms with Gasteiger partial charge in [-0.3, -0.25) is 0 Å². The van der Waals surface area contributed by atoms with Gasteiger partial charge in [0.15, 0.2) is 0 Å². The maximum atomic E-state index is 6.03. The Hall–Kier alpha value is -0.481. The number of hydrogen-bond donors (Lipinski definition) is 2. The maximum absolute atomic E-state index is 6.03. The Morgan fingerprint density at radius 2 is 1.44 bits per heavy atom. The van der Waals surface area contributed by atoms with Gasteiger partial charge in [0, 0.05) is 0 Å². The van der Waals surface area contributed by atoms with Gasteiger partial charge in [-0.1, -0.05) is 0 Å². The van der Waals surface area contributed by atoms with E-state index in [0.717, 1.165) is 13.0 Å². The SMILES string of the molecule is CCC[CH2][Sn]([CH2]CCC)([CH2]CCC)[c]1[nH]c2ccccc2c1CCN. The molecular formula is C22H38N2Sn. The molecule has 2 aromatic rings. The molecule has 3 N–H and O–H groups in total. The van der Waals surface area contributed by atoms with Crippen molar-refractivity contribution < 1.29 is 0 Å². The molecule has 0 unspecified atom stereocenters. The molecule has 0 amide bonds. The number of hydrogen-bond acceptors (Lipinski definition) is 1. The summed E-state index contributed by atoms with van der Waals surface area (Å²) < 4.78 is 6.25. The second-order valence-electron chi connectivity index (χ2n) is 7.65. The minimum atomic E-state index is -2.44. The van der Waals surface area contributed by atoms with Crippen LogP contribution >= 0.6 is 0 Å². The summed E-state index contributed by atoms with van der Waals surface area (Å²) in [5, 5.41) is 1.44. The zero-order valence-corrected chi connectivity index (χ0v) is 19.5. The number of benzene rings is 1. The summed E-state index contributed by atoms with van der Waals surface area (Å²) in [6.07, 6.45) is 9.21. The van der Waals surface area contributed by atoms with Gasteiger partial charge < -0.3 is 0 Å². The van der Waals surface area contributed by atoms with E-state index >= 15 is 0 Å². The minimum absolute atomic E-state index is 0.756. The molecule has 0 atom stereocenters. The molecule has 0 spiro atoms. The quantitative estimate of drug-likeness (QED) is 0.400. The second kappa shape index (κ2) is 10.6. The van der Waals surface area contributed by atoms with Crippen LogP contribution in [0.25, 0.3) is 10.9 Å². The standard InChI is InChI=1S/C10H11N2.3C4H9.Sn/c11-6-5-8-7-12-10-4-2-1-3-9(8)10;3*1-3-4-2;/h1-4,12H,5-6,11H2;3*1,3-4H2,2H3;. The number of unbranched alkanes of at least 4 members (excludes halogenated alkanes) is 3. The van der Waals surface area contributed by atoms with Gasteiger partial charge in [-0.2, -0.15) is 0 Å². The molecule has 0 radical (unpaired) electrons. The molecule has 1 aromatic heterocycles.